The van der Waals surface area contributed by atoms with Crippen molar-refractivity contribution in [1.82, 2.24) is 0 Å². The summed E-state index contributed by atoms with van der Waals surface area (Å²) in [6, 6.07) is 15.0. The van der Waals surface area contributed by atoms with E-state index in [1.54, 1.807) is 0 Å². The van der Waals surface area contributed by atoms with E-state index in [0.29, 0.717) is 12.1 Å². The van der Waals surface area contributed by atoms with Crippen LogP contribution in [0.1, 0.15) is 46.2 Å². The van der Waals surface area contributed by atoms with E-state index in [1.807, 2.05) is 0 Å². The van der Waals surface area contributed by atoms with Gasteiger partial charge in [-0.05, 0) is 34.4 Å². The quantitative estimate of drug-likeness (QED) is 0.0549. The largest absolute Gasteiger partial charge is 0.573 e. The standard InChI is InChI=1S/C34H26F6N6O8S2/c35-33(36,37)53-27-13-17(9-11-23(27)31(55(47,48)49)15-25(45-43)29(41)19-5-1-3-7-21(19)31)18-10-12-24(28(14-18)54-34(38,39)40)32(56(50,51)52)16-26(46-44)30(42)20-6-2-4-8-22(20)32/h1-14,43-44H,15-16,41-42H2,(H,47,48,49)(H,50,51,52)/b45-43+,46-44+. The molecule has 0 amide bonds. The molecule has 0 saturated heterocycles. The lowest BCUT2D eigenvalue weighted by molar-refractivity contribution is -0.276. The zero-order valence-electron chi connectivity index (χ0n) is 29.9. The van der Waals surface area contributed by atoms with Crippen LogP contribution in [0, 0.1) is 11.0 Å². The van der Waals surface area contributed by atoms with Crippen molar-refractivity contribution in [3.63, 3.8) is 0 Å². The molecule has 294 valence electrons. The van der Waals surface area contributed by atoms with Crippen LogP contribution < -0.4 is 20.9 Å². The van der Waals surface area contributed by atoms with Gasteiger partial charge < -0.3 is 20.9 Å². The first-order valence-electron chi connectivity index (χ1n) is 16.5. The lowest BCUT2D eigenvalue weighted by Crippen LogP contribution is -2.41. The Balaban J connectivity index is 1.64. The van der Waals surface area contributed by atoms with Crippen molar-refractivity contribution >= 4 is 31.6 Å². The Morgan fingerprint density at radius 3 is 1.30 bits per heavy atom. The third-order valence-corrected chi connectivity index (χ3v) is 12.4. The third kappa shape index (κ3) is 6.52. The maximum atomic E-state index is 14.1. The lowest BCUT2D eigenvalue weighted by Gasteiger charge is -2.38. The van der Waals surface area contributed by atoms with Crippen LogP contribution >= 0.6 is 0 Å². The Hall–Kier alpha value is -5.84. The highest BCUT2D eigenvalue weighted by atomic mass is 32.2. The molecule has 22 heteroatoms. The monoisotopic (exact) mass is 824 g/mol. The summed E-state index contributed by atoms with van der Waals surface area (Å²) >= 11 is 0. The molecular formula is C34H26F6N6O8S2. The van der Waals surface area contributed by atoms with Gasteiger partial charge in [0.1, 0.15) is 11.5 Å². The first-order chi connectivity index (χ1) is 27.0. The number of ether oxygens (including phenoxy) is 2. The minimum atomic E-state index is -5.55. The first-order valence-corrected chi connectivity index (χ1v) is 18.5. The molecule has 4 aromatic carbocycles. The van der Waals surface area contributed by atoms with Crippen LogP contribution in [0.3, 0.4) is 0 Å². The van der Waals surface area contributed by atoms with Gasteiger partial charge in [-0.1, -0.05) is 72.8 Å². The number of hydrogen-bond donors (Lipinski definition) is 6. The molecule has 14 nitrogen and oxygen atoms in total. The summed E-state index contributed by atoms with van der Waals surface area (Å²) in [4.78, 5) is 0. The van der Waals surface area contributed by atoms with Gasteiger partial charge in [-0.3, -0.25) is 9.11 Å². The molecule has 2 aliphatic rings. The predicted octanol–water partition coefficient (Wildman–Crippen LogP) is 7.54. The number of fused-ring (bicyclic) bond motifs is 2. The van der Waals surface area contributed by atoms with Crippen molar-refractivity contribution in [2.24, 2.45) is 21.7 Å². The zero-order valence-corrected chi connectivity index (χ0v) is 29.5. The highest BCUT2D eigenvalue weighted by Crippen LogP contribution is 2.55. The molecule has 56 heavy (non-hydrogen) atoms. The van der Waals surface area contributed by atoms with E-state index in [1.165, 1.54) is 36.4 Å². The number of benzene rings is 4. The van der Waals surface area contributed by atoms with Crippen molar-refractivity contribution in [1.29, 1.82) is 11.0 Å². The van der Waals surface area contributed by atoms with Crippen molar-refractivity contribution in [3.05, 3.63) is 130 Å². The van der Waals surface area contributed by atoms with Crippen molar-refractivity contribution in [2.75, 3.05) is 0 Å². The van der Waals surface area contributed by atoms with Gasteiger partial charge in [-0.15, -0.1) is 26.3 Å². The summed E-state index contributed by atoms with van der Waals surface area (Å²) in [5.41, 5.74) is 13.4. The first kappa shape index (κ1) is 37.1. The molecule has 6 rings (SSSR count). The van der Waals surface area contributed by atoms with Crippen molar-refractivity contribution in [3.8, 4) is 22.6 Å². The van der Waals surface area contributed by atoms with E-state index < -0.39 is 100 Å². The summed E-state index contributed by atoms with van der Waals surface area (Å²) in [5.74, 6) is -2.55. The number of hydrogen-bond acceptors (Lipinski definition) is 12. The van der Waals surface area contributed by atoms with E-state index in [0.717, 1.165) is 36.4 Å². The molecule has 0 radical (unpaired) electrons. The zero-order chi connectivity index (χ0) is 42.6. The van der Waals surface area contributed by atoms with Crippen LogP contribution in [0.5, 0.6) is 11.5 Å². The average Bonchev–Trinajstić information content (AvgIpc) is 3.12. The topological polar surface area (TPSA) is 252 Å². The Kier molecular flexibility index (Phi) is 8.89. The van der Waals surface area contributed by atoms with Crippen LogP contribution in [0.15, 0.2) is 107 Å². The van der Waals surface area contributed by atoms with E-state index in [-0.39, 0.29) is 33.6 Å². The van der Waals surface area contributed by atoms with Gasteiger partial charge in [0.2, 0.25) is 2.82 Å². The number of nitrogens with zero attached hydrogens (tertiary/aromatic N) is 2. The third-order valence-electron chi connectivity index (χ3n) is 9.50. The molecule has 4 aromatic rings. The van der Waals surface area contributed by atoms with Gasteiger partial charge in [0.25, 0.3) is 20.2 Å². The van der Waals surface area contributed by atoms with Crippen LogP contribution in [-0.4, -0.2) is 38.7 Å². The fourth-order valence-electron chi connectivity index (χ4n) is 7.19. The van der Waals surface area contributed by atoms with E-state index in [9.17, 15) is 52.3 Å². The highest BCUT2D eigenvalue weighted by molar-refractivity contribution is 7.87. The molecule has 0 heterocycles. The van der Waals surface area contributed by atoms with Crippen LogP contribution in [-0.2, 0) is 29.7 Å². The Morgan fingerprint density at radius 2 is 0.982 bits per heavy atom. The van der Waals surface area contributed by atoms with E-state index in [2.05, 4.69) is 30.8 Å². The van der Waals surface area contributed by atoms with Gasteiger partial charge in [-0.2, -0.15) is 27.1 Å². The van der Waals surface area contributed by atoms with Crippen molar-refractivity contribution < 1.29 is 64.6 Å². The van der Waals surface area contributed by atoms with Gasteiger partial charge in [0.05, 0.1) is 22.8 Å². The Morgan fingerprint density at radius 1 is 0.625 bits per heavy atom. The molecule has 0 spiro atoms. The molecule has 0 bridgehead atoms. The number of nitrogens with two attached hydrogens (primary N) is 2. The summed E-state index contributed by atoms with van der Waals surface area (Å²) in [6.45, 7) is 0. The fourth-order valence-corrected chi connectivity index (χ4v) is 9.63. The normalized spacial score (nSPS) is 21.1. The van der Waals surface area contributed by atoms with Gasteiger partial charge >= 0.3 is 12.7 Å². The van der Waals surface area contributed by atoms with Gasteiger partial charge in [0.15, 0.2) is 9.49 Å². The SMILES string of the molecule is [H]/N=N/C1=C(N)c2ccccc2C(c2ccc(-c3ccc(C4(S(=O)(=O)O)CC(/N=N/[H])=C(N)c5ccccc54)c(OC(F)(F)F)c3)cc2OC(F)(F)F)(S(=O)(=O)O)C1. The van der Waals surface area contributed by atoms with Crippen LogP contribution in [0.25, 0.3) is 22.5 Å². The summed E-state index contributed by atoms with van der Waals surface area (Å²) in [6.07, 6.45) is -13.0. The van der Waals surface area contributed by atoms with Gasteiger partial charge in [0, 0.05) is 35.1 Å². The number of alkyl halides is 6. The minimum Gasteiger partial charge on any atom is -0.405 e. The molecule has 0 saturated carbocycles. The second-order valence-corrected chi connectivity index (χ2v) is 15.8. The Bertz CT molecular complexity index is 2510. The highest BCUT2D eigenvalue weighted by Gasteiger charge is 2.55. The maximum Gasteiger partial charge on any atom is 0.573 e. The molecule has 2 atom stereocenters. The van der Waals surface area contributed by atoms with Crippen LogP contribution in [0.4, 0.5) is 26.3 Å². The summed E-state index contributed by atoms with van der Waals surface area (Å²) < 4.78 is 177. The molecule has 2 aliphatic carbocycles. The number of allylic oxidation sites excluding steroid dienone is 2. The number of nitrogens with one attached hydrogen (secondary N) is 2. The average molecular weight is 825 g/mol. The number of rotatable bonds is 9. The van der Waals surface area contributed by atoms with E-state index in [4.69, 9.17) is 14.3 Å². The van der Waals surface area contributed by atoms with Crippen LogP contribution in [0.2, 0.25) is 2.82 Å². The van der Waals surface area contributed by atoms with Gasteiger partial charge in [-0.25, -0.2) is 11.0 Å². The predicted molar refractivity (Wildman–Crippen MR) is 185 cm³/mol. The second kappa shape index (κ2) is 13.4. The lowest BCUT2D eigenvalue weighted by atomic mass is 9.77. The fraction of sp³-hybridized carbons (Fsp3) is 0.176. The molecule has 8 N–H and O–H groups in total. The minimum absolute atomic E-state index is 0.110. The summed E-state index contributed by atoms with van der Waals surface area (Å²) in [7, 11) is -11.1. The number of halogens is 6. The van der Waals surface area contributed by atoms with E-state index >= 15 is 0 Å². The molecule has 0 fully saturated rings. The Labute approximate surface area is 315 Å². The molecule has 2 unspecified atom stereocenters. The maximum absolute atomic E-state index is 14.1. The molecular weight excluding hydrogens is 799 g/mol. The smallest absolute Gasteiger partial charge is 0.405 e. The van der Waals surface area contributed by atoms with Crippen molar-refractivity contribution in [2.45, 2.75) is 35.1 Å². The second-order valence-electron chi connectivity index (χ2n) is 12.5. The molecule has 0 aliphatic heterocycles. The summed E-state index contributed by atoms with van der Waals surface area (Å²) in [5, 5.41) is 7.04. The molecule has 0 aromatic heterocycles.